The molecule has 31 heavy (non-hydrogen) atoms. The summed E-state index contributed by atoms with van der Waals surface area (Å²) in [6, 6.07) is 18.9. The molecule has 6 nitrogen and oxygen atoms in total. The molecule has 7 heteroatoms. The van der Waals surface area contributed by atoms with Crippen molar-refractivity contribution in [2.24, 2.45) is 7.05 Å². The Bertz CT molecular complexity index is 1350. The van der Waals surface area contributed by atoms with E-state index in [0.29, 0.717) is 26.9 Å². The number of Topliss-reactive ketones (excluding diaryl/α,β-unsaturated/α-hetero) is 1. The lowest BCUT2D eigenvalue weighted by Crippen LogP contribution is -2.27. The van der Waals surface area contributed by atoms with Crippen molar-refractivity contribution in [1.29, 1.82) is 0 Å². The van der Waals surface area contributed by atoms with Gasteiger partial charge in [0.25, 0.3) is 5.56 Å². The summed E-state index contributed by atoms with van der Waals surface area (Å²) < 4.78 is 6.55. The van der Waals surface area contributed by atoms with Gasteiger partial charge in [-0.2, -0.15) is 0 Å². The van der Waals surface area contributed by atoms with Gasteiger partial charge in [0.05, 0.1) is 0 Å². The smallest absolute Gasteiger partial charge is 0.356 e. The highest BCUT2D eigenvalue weighted by atomic mass is 35.5. The molecule has 0 spiro atoms. The van der Waals surface area contributed by atoms with Gasteiger partial charge in [-0.25, -0.2) is 4.79 Å². The highest BCUT2D eigenvalue weighted by Crippen LogP contribution is 2.31. The number of ketones is 1. The van der Waals surface area contributed by atoms with Crippen LogP contribution in [0.5, 0.6) is 0 Å². The standard InChI is InChI=1S/C24H17ClN2O4/c1-27-22(24(30)31-14-20(28)19-8-4-5-13-26-19)21(15-9-11-16(25)12-10-15)17-6-2-3-7-18(17)23(27)29/h2-13H,14H2,1H3. The van der Waals surface area contributed by atoms with E-state index < -0.39 is 18.4 Å². The highest BCUT2D eigenvalue weighted by molar-refractivity contribution is 6.30. The minimum absolute atomic E-state index is 0.0554. The van der Waals surface area contributed by atoms with Crippen molar-refractivity contribution in [3.63, 3.8) is 0 Å². The van der Waals surface area contributed by atoms with Crippen molar-refractivity contribution < 1.29 is 14.3 Å². The van der Waals surface area contributed by atoms with Crippen molar-refractivity contribution in [2.75, 3.05) is 6.61 Å². The molecule has 0 unspecified atom stereocenters. The van der Waals surface area contributed by atoms with E-state index in [-0.39, 0.29) is 16.9 Å². The molecule has 0 fully saturated rings. The molecule has 4 rings (SSSR count). The average Bonchev–Trinajstić information content (AvgIpc) is 2.80. The topological polar surface area (TPSA) is 78.3 Å². The SMILES string of the molecule is Cn1c(C(=O)OCC(=O)c2ccccn2)c(-c2ccc(Cl)cc2)c2ccccc2c1=O. The van der Waals surface area contributed by atoms with E-state index in [9.17, 15) is 14.4 Å². The van der Waals surface area contributed by atoms with Crippen LogP contribution in [-0.4, -0.2) is 27.9 Å². The molecule has 0 aliphatic heterocycles. The van der Waals surface area contributed by atoms with Crippen LogP contribution in [0.3, 0.4) is 0 Å². The van der Waals surface area contributed by atoms with Crippen LogP contribution in [0.2, 0.25) is 5.02 Å². The lowest BCUT2D eigenvalue weighted by molar-refractivity contribution is 0.0464. The van der Waals surface area contributed by atoms with E-state index >= 15 is 0 Å². The number of hydrogen-bond acceptors (Lipinski definition) is 5. The summed E-state index contributed by atoms with van der Waals surface area (Å²) in [5.74, 6) is -1.22. The number of pyridine rings is 2. The van der Waals surface area contributed by atoms with E-state index in [4.69, 9.17) is 16.3 Å². The molecule has 0 amide bonds. The monoisotopic (exact) mass is 432 g/mol. The summed E-state index contributed by atoms with van der Waals surface area (Å²) in [6.45, 7) is -0.489. The van der Waals surface area contributed by atoms with E-state index in [0.717, 1.165) is 0 Å². The van der Waals surface area contributed by atoms with Gasteiger partial charge in [-0.3, -0.25) is 14.6 Å². The van der Waals surface area contributed by atoms with Gasteiger partial charge >= 0.3 is 5.97 Å². The molecule has 0 saturated carbocycles. The van der Waals surface area contributed by atoms with Gasteiger partial charge in [0.1, 0.15) is 11.4 Å². The first-order valence-electron chi connectivity index (χ1n) is 9.46. The van der Waals surface area contributed by atoms with Gasteiger partial charge in [0, 0.05) is 29.2 Å². The number of nitrogens with zero attached hydrogens (tertiary/aromatic N) is 2. The van der Waals surface area contributed by atoms with Gasteiger partial charge < -0.3 is 9.30 Å². The Balaban J connectivity index is 1.81. The first kappa shape index (κ1) is 20.5. The molecule has 0 radical (unpaired) electrons. The number of halogens is 1. The Hall–Kier alpha value is -3.77. The van der Waals surface area contributed by atoms with Gasteiger partial charge in [-0.15, -0.1) is 0 Å². The van der Waals surface area contributed by atoms with E-state index in [1.54, 1.807) is 66.7 Å². The molecule has 154 valence electrons. The van der Waals surface area contributed by atoms with E-state index in [1.165, 1.54) is 17.8 Å². The van der Waals surface area contributed by atoms with Crippen molar-refractivity contribution in [1.82, 2.24) is 9.55 Å². The first-order valence-corrected chi connectivity index (χ1v) is 9.84. The van der Waals surface area contributed by atoms with E-state index in [2.05, 4.69) is 4.98 Å². The predicted octanol–water partition coefficient (Wildman–Crippen LogP) is 4.29. The zero-order chi connectivity index (χ0) is 22.0. The van der Waals surface area contributed by atoms with Crippen LogP contribution in [0.4, 0.5) is 0 Å². The maximum Gasteiger partial charge on any atom is 0.356 e. The van der Waals surface area contributed by atoms with Gasteiger partial charge in [0.15, 0.2) is 6.61 Å². The molecule has 0 N–H and O–H groups in total. The summed E-state index contributed by atoms with van der Waals surface area (Å²) in [5.41, 5.74) is 1.14. The van der Waals surface area contributed by atoms with Crippen LogP contribution in [-0.2, 0) is 11.8 Å². The van der Waals surface area contributed by atoms with Crippen molar-refractivity contribution in [3.8, 4) is 11.1 Å². The fourth-order valence-electron chi connectivity index (χ4n) is 3.41. The van der Waals surface area contributed by atoms with Gasteiger partial charge in [0.2, 0.25) is 5.78 Å². The molecule has 0 bridgehead atoms. The second-order valence-corrected chi connectivity index (χ2v) is 7.29. The van der Waals surface area contributed by atoms with Gasteiger partial charge in [-0.05, 0) is 41.3 Å². The van der Waals surface area contributed by atoms with Crippen molar-refractivity contribution in [2.45, 2.75) is 0 Å². The Morgan fingerprint density at radius 1 is 0.968 bits per heavy atom. The average molecular weight is 433 g/mol. The lowest BCUT2D eigenvalue weighted by atomic mass is 9.97. The zero-order valence-electron chi connectivity index (χ0n) is 16.5. The van der Waals surface area contributed by atoms with Crippen molar-refractivity contribution in [3.05, 3.63) is 99.7 Å². The fourth-order valence-corrected chi connectivity index (χ4v) is 3.54. The van der Waals surface area contributed by atoms with Crippen LogP contribution in [0.15, 0.2) is 77.7 Å². The quantitative estimate of drug-likeness (QED) is 0.347. The molecule has 0 aliphatic carbocycles. The normalized spacial score (nSPS) is 10.8. The van der Waals surface area contributed by atoms with Crippen LogP contribution in [0.25, 0.3) is 21.9 Å². The maximum atomic E-state index is 13.1. The number of carbonyl (C=O) groups excluding carboxylic acids is 2. The number of fused-ring (bicyclic) bond motifs is 1. The van der Waals surface area contributed by atoms with Crippen LogP contribution in [0, 0.1) is 0 Å². The number of rotatable bonds is 5. The summed E-state index contributed by atoms with van der Waals surface area (Å²) >= 11 is 6.03. The number of ether oxygens (including phenoxy) is 1. The van der Waals surface area contributed by atoms with Crippen molar-refractivity contribution >= 4 is 34.1 Å². The first-order chi connectivity index (χ1) is 15.0. The number of aromatic nitrogens is 2. The summed E-state index contributed by atoms with van der Waals surface area (Å²) in [6.07, 6.45) is 1.49. The highest BCUT2D eigenvalue weighted by Gasteiger charge is 2.24. The second-order valence-electron chi connectivity index (χ2n) is 6.85. The third-order valence-electron chi connectivity index (χ3n) is 4.91. The second kappa shape index (κ2) is 8.53. The summed E-state index contributed by atoms with van der Waals surface area (Å²) in [5, 5.41) is 1.62. The Morgan fingerprint density at radius 3 is 2.32 bits per heavy atom. The minimum Gasteiger partial charge on any atom is -0.453 e. The molecule has 0 saturated heterocycles. The number of carbonyl (C=O) groups is 2. The molecular weight excluding hydrogens is 416 g/mol. The van der Waals surface area contributed by atoms with E-state index in [1.807, 2.05) is 0 Å². The number of esters is 1. The summed E-state index contributed by atoms with van der Waals surface area (Å²) in [4.78, 5) is 42.3. The third-order valence-corrected chi connectivity index (χ3v) is 5.17. The molecule has 2 aromatic carbocycles. The number of hydrogen-bond donors (Lipinski definition) is 0. The van der Waals surface area contributed by atoms with Crippen LogP contribution in [0.1, 0.15) is 21.0 Å². The minimum atomic E-state index is -0.778. The van der Waals surface area contributed by atoms with Crippen LogP contribution >= 0.6 is 11.6 Å². The molecule has 2 aromatic heterocycles. The third kappa shape index (κ3) is 3.98. The Labute approximate surface area is 182 Å². The molecule has 0 aliphatic rings. The largest absolute Gasteiger partial charge is 0.453 e. The zero-order valence-corrected chi connectivity index (χ0v) is 17.3. The van der Waals surface area contributed by atoms with Gasteiger partial charge in [-0.1, -0.05) is 48.0 Å². The number of benzene rings is 2. The Morgan fingerprint density at radius 2 is 1.65 bits per heavy atom. The predicted molar refractivity (Wildman–Crippen MR) is 118 cm³/mol. The lowest BCUT2D eigenvalue weighted by Gasteiger charge is -2.16. The molecule has 4 aromatic rings. The fraction of sp³-hybridized carbons (Fsp3) is 0.0833. The molecule has 0 atom stereocenters. The molecular formula is C24H17ClN2O4. The van der Waals surface area contributed by atoms with Crippen LogP contribution < -0.4 is 5.56 Å². The summed E-state index contributed by atoms with van der Waals surface area (Å²) in [7, 11) is 1.51. The Kier molecular flexibility index (Phi) is 5.64. The molecule has 2 heterocycles. The maximum absolute atomic E-state index is 13.1.